The van der Waals surface area contributed by atoms with E-state index in [1.54, 1.807) is 13.8 Å². The van der Waals surface area contributed by atoms with Gasteiger partial charge in [-0.3, -0.25) is 0 Å². The maximum Gasteiger partial charge on any atom is 0.152 e. The molecule has 0 fully saturated rings. The van der Waals surface area contributed by atoms with Crippen molar-refractivity contribution in [3.8, 4) is 0 Å². The molecule has 11 heavy (non-hydrogen) atoms. The van der Waals surface area contributed by atoms with Crippen LogP contribution >= 0.6 is 0 Å². The van der Waals surface area contributed by atoms with E-state index in [0.717, 1.165) is 6.42 Å². The fourth-order valence-electron chi connectivity index (χ4n) is 0.707. The standard InChI is InChI=1S/C8H18O2S/c1-5-8(4)6-11(9,10)7(2)3/h7-8H,5-6H2,1-4H3/t8-/m0/s1. The highest BCUT2D eigenvalue weighted by atomic mass is 32.2. The minimum Gasteiger partial charge on any atom is -0.229 e. The first-order valence-electron chi connectivity index (χ1n) is 4.11. The highest BCUT2D eigenvalue weighted by Crippen LogP contribution is 2.09. The van der Waals surface area contributed by atoms with Crippen molar-refractivity contribution in [1.82, 2.24) is 0 Å². The second-order valence-corrected chi connectivity index (χ2v) is 5.99. The molecule has 0 aromatic heterocycles. The number of rotatable bonds is 4. The van der Waals surface area contributed by atoms with Crippen molar-refractivity contribution in [1.29, 1.82) is 0 Å². The zero-order valence-corrected chi connectivity index (χ0v) is 8.61. The lowest BCUT2D eigenvalue weighted by atomic mass is 10.2. The molecule has 0 aromatic carbocycles. The largest absolute Gasteiger partial charge is 0.229 e. The summed E-state index contributed by atoms with van der Waals surface area (Å²) in [5.41, 5.74) is 0. The van der Waals surface area contributed by atoms with Crippen molar-refractivity contribution in [3.05, 3.63) is 0 Å². The topological polar surface area (TPSA) is 34.1 Å². The summed E-state index contributed by atoms with van der Waals surface area (Å²) in [4.78, 5) is 0. The minimum absolute atomic E-state index is 0.225. The fraction of sp³-hybridized carbons (Fsp3) is 1.00. The molecule has 2 nitrogen and oxygen atoms in total. The fourth-order valence-corrected chi connectivity index (χ4v) is 2.12. The van der Waals surface area contributed by atoms with Gasteiger partial charge in [-0.2, -0.15) is 0 Å². The van der Waals surface area contributed by atoms with Crippen LogP contribution in [0.15, 0.2) is 0 Å². The Kier molecular flexibility index (Phi) is 4.08. The third kappa shape index (κ3) is 3.75. The summed E-state index contributed by atoms with van der Waals surface area (Å²) in [6, 6.07) is 0. The Morgan fingerprint density at radius 1 is 1.18 bits per heavy atom. The lowest BCUT2D eigenvalue weighted by molar-refractivity contribution is 0.557. The normalized spacial score (nSPS) is 15.4. The van der Waals surface area contributed by atoms with Crippen molar-refractivity contribution in [2.75, 3.05) is 5.75 Å². The SMILES string of the molecule is CC[C@H](C)CS(=O)(=O)C(C)C. The molecular formula is C8H18O2S. The quantitative estimate of drug-likeness (QED) is 0.658. The maximum atomic E-state index is 11.3. The first kappa shape index (κ1) is 11.0. The first-order chi connectivity index (χ1) is 4.90. The van der Waals surface area contributed by atoms with Crippen LogP contribution in [0.2, 0.25) is 0 Å². The second-order valence-electron chi connectivity index (χ2n) is 3.39. The van der Waals surface area contributed by atoms with Crippen LogP contribution in [0.1, 0.15) is 34.1 Å². The Bertz CT molecular complexity index is 192. The average Bonchev–Trinajstić information content (AvgIpc) is 1.86. The highest BCUT2D eigenvalue weighted by Gasteiger charge is 2.18. The van der Waals surface area contributed by atoms with Crippen molar-refractivity contribution in [2.45, 2.75) is 39.4 Å². The molecular weight excluding hydrogens is 160 g/mol. The van der Waals surface area contributed by atoms with Crippen LogP contribution in [0.4, 0.5) is 0 Å². The summed E-state index contributed by atoms with van der Waals surface area (Å²) in [6.45, 7) is 7.45. The molecule has 0 aliphatic carbocycles. The summed E-state index contributed by atoms with van der Waals surface area (Å²) in [7, 11) is -2.81. The molecule has 0 saturated carbocycles. The van der Waals surface area contributed by atoms with Crippen LogP contribution in [-0.4, -0.2) is 19.4 Å². The summed E-state index contributed by atoms with van der Waals surface area (Å²) in [5, 5.41) is -0.225. The molecule has 3 heteroatoms. The van der Waals surface area contributed by atoms with E-state index in [0.29, 0.717) is 11.7 Å². The smallest absolute Gasteiger partial charge is 0.152 e. The van der Waals surface area contributed by atoms with E-state index in [1.807, 2.05) is 13.8 Å². The molecule has 0 unspecified atom stereocenters. The lowest BCUT2D eigenvalue weighted by Gasteiger charge is -2.11. The molecule has 0 aliphatic rings. The first-order valence-corrected chi connectivity index (χ1v) is 5.83. The molecule has 0 heterocycles. The van der Waals surface area contributed by atoms with Gasteiger partial charge < -0.3 is 0 Å². The Morgan fingerprint density at radius 3 is 1.91 bits per heavy atom. The van der Waals surface area contributed by atoms with Gasteiger partial charge in [0, 0.05) is 0 Å². The second kappa shape index (κ2) is 4.10. The van der Waals surface area contributed by atoms with Gasteiger partial charge in [-0.1, -0.05) is 20.3 Å². The van der Waals surface area contributed by atoms with Crippen LogP contribution in [0.3, 0.4) is 0 Å². The lowest BCUT2D eigenvalue weighted by Crippen LogP contribution is -2.21. The van der Waals surface area contributed by atoms with E-state index < -0.39 is 9.84 Å². The van der Waals surface area contributed by atoms with Crippen molar-refractivity contribution >= 4 is 9.84 Å². The molecule has 1 atom stereocenters. The van der Waals surface area contributed by atoms with Gasteiger partial charge in [0.05, 0.1) is 11.0 Å². The average molecular weight is 178 g/mol. The molecule has 0 aromatic rings. The Morgan fingerprint density at radius 2 is 1.64 bits per heavy atom. The third-order valence-electron chi connectivity index (χ3n) is 1.93. The third-order valence-corrected chi connectivity index (χ3v) is 4.40. The molecule has 0 N–H and O–H groups in total. The van der Waals surface area contributed by atoms with Crippen LogP contribution in [-0.2, 0) is 9.84 Å². The Labute approximate surface area is 69.9 Å². The van der Waals surface area contributed by atoms with Crippen LogP contribution in [0.5, 0.6) is 0 Å². The minimum atomic E-state index is -2.81. The van der Waals surface area contributed by atoms with Gasteiger partial charge in [-0.15, -0.1) is 0 Å². The summed E-state index contributed by atoms with van der Waals surface area (Å²) in [5.74, 6) is 0.628. The number of hydrogen-bond acceptors (Lipinski definition) is 2. The molecule has 0 saturated heterocycles. The van der Waals surface area contributed by atoms with Gasteiger partial charge in [0.25, 0.3) is 0 Å². The number of sulfone groups is 1. The Balaban J connectivity index is 4.15. The molecule has 0 radical (unpaired) electrons. The van der Waals surface area contributed by atoms with E-state index >= 15 is 0 Å². The van der Waals surface area contributed by atoms with E-state index in [1.165, 1.54) is 0 Å². The molecule has 0 rings (SSSR count). The molecule has 0 bridgehead atoms. The van der Waals surface area contributed by atoms with Gasteiger partial charge >= 0.3 is 0 Å². The van der Waals surface area contributed by atoms with E-state index in [4.69, 9.17) is 0 Å². The van der Waals surface area contributed by atoms with E-state index in [9.17, 15) is 8.42 Å². The summed E-state index contributed by atoms with van der Waals surface area (Å²) >= 11 is 0. The highest BCUT2D eigenvalue weighted by molar-refractivity contribution is 7.91. The molecule has 0 spiro atoms. The summed E-state index contributed by atoms with van der Waals surface area (Å²) < 4.78 is 22.6. The monoisotopic (exact) mass is 178 g/mol. The van der Waals surface area contributed by atoms with Gasteiger partial charge in [0.2, 0.25) is 0 Å². The van der Waals surface area contributed by atoms with Crippen molar-refractivity contribution < 1.29 is 8.42 Å². The van der Waals surface area contributed by atoms with Crippen LogP contribution < -0.4 is 0 Å². The predicted molar refractivity (Wildman–Crippen MR) is 48.4 cm³/mol. The maximum absolute atomic E-state index is 11.3. The molecule has 0 amide bonds. The van der Waals surface area contributed by atoms with Gasteiger partial charge in [-0.05, 0) is 19.8 Å². The zero-order chi connectivity index (χ0) is 9.07. The van der Waals surface area contributed by atoms with E-state index in [2.05, 4.69) is 0 Å². The van der Waals surface area contributed by atoms with Gasteiger partial charge in [-0.25, -0.2) is 8.42 Å². The molecule has 68 valence electrons. The van der Waals surface area contributed by atoms with Crippen molar-refractivity contribution in [3.63, 3.8) is 0 Å². The number of hydrogen-bond donors (Lipinski definition) is 0. The molecule has 0 aliphatic heterocycles. The van der Waals surface area contributed by atoms with Crippen molar-refractivity contribution in [2.24, 2.45) is 5.92 Å². The zero-order valence-electron chi connectivity index (χ0n) is 7.79. The Hall–Kier alpha value is -0.0500. The van der Waals surface area contributed by atoms with E-state index in [-0.39, 0.29) is 5.25 Å². The van der Waals surface area contributed by atoms with Gasteiger partial charge in [0.1, 0.15) is 0 Å². The summed E-state index contributed by atoms with van der Waals surface area (Å²) in [6.07, 6.45) is 0.936. The van der Waals surface area contributed by atoms with Crippen LogP contribution in [0.25, 0.3) is 0 Å². The van der Waals surface area contributed by atoms with Crippen LogP contribution in [0, 0.1) is 5.92 Å². The predicted octanol–water partition coefficient (Wildman–Crippen LogP) is 1.86. The van der Waals surface area contributed by atoms with Gasteiger partial charge in [0.15, 0.2) is 9.84 Å².